The summed E-state index contributed by atoms with van der Waals surface area (Å²) < 4.78 is 41.5. The van der Waals surface area contributed by atoms with Crippen LogP contribution in [0.2, 0.25) is 0 Å². The number of rotatable bonds is 7. The number of para-hydroxylation sites is 2. The first kappa shape index (κ1) is 20.8. The molecule has 29 heavy (non-hydrogen) atoms. The zero-order valence-corrected chi connectivity index (χ0v) is 16.5. The Kier molecular flexibility index (Phi) is 5.92. The molecule has 0 bridgehead atoms. The topological polar surface area (TPSA) is 68.0 Å². The van der Waals surface area contributed by atoms with Crippen LogP contribution in [0.4, 0.5) is 19.1 Å². The van der Waals surface area contributed by atoms with Crippen molar-refractivity contribution in [2.75, 3.05) is 25.0 Å². The summed E-state index contributed by atoms with van der Waals surface area (Å²) in [6, 6.07) is 8.17. The molecule has 0 spiro atoms. The molecule has 1 amide bonds. The Morgan fingerprint density at radius 3 is 2.52 bits per heavy atom. The molecule has 0 fully saturated rings. The normalized spacial score (nSPS) is 12.1. The zero-order valence-electron chi connectivity index (χ0n) is 16.5. The van der Waals surface area contributed by atoms with Crippen LogP contribution >= 0.6 is 0 Å². The Morgan fingerprint density at radius 1 is 1.21 bits per heavy atom. The lowest BCUT2D eigenvalue weighted by Crippen LogP contribution is -2.28. The number of fused-ring (bicyclic) bond motifs is 1. The molecule has 0 atom stereocenters. The highest BCUT2D eigenvalue weighted by Crippen LogP contribution is 2.28. The molecule has 0 aliphatic rings. The summed E-state index contributed by atoms with van der Waals surface area (Å²) in [4.78, 5) is 19.3. The van der Waals surface area contributed by atoms with E-state index < -0.39 is 17.8 Å². The summed E-state index contributed by atoms with van der Waals surface area (Å²) in [5.74, 6) is -0.409. The van der Waals surface area contributed by atoms with Crippen molar-refractivity contribution >= 4 is 22.9 Å². The molecule has 1 aromatic carbocycles. The lowest BCUT2D eigenvalue weighted by atomic mass is 10.3. The molecule has 2 heterocycles. The van der Waals surface area contributed by atoms with Crippen LogP contribution in [0.3, 0.4) is 0 Å². The largest absolute Gasteiger partial charge is 0.435 e. The van der Waals surface area contributed by atoms with Crippen molar-refractivity contribution in [1.29, 1.82) is 0 Å². The number of nitrogens with one attached hydrogen (secondary N) is 1. The minimum Gasteiger partial charge on any atom is -0.309 e. The Balaban J connectivity index is 1.90. The number of hydrogen-bond acceptors (Lipinski definition) is 4. The Morgan fingerprint density at radius 2 is 1.90 bits per heavy atom. The number of carbonyl (C=O) groups is 1. The summed E-state index contributed by atoms with van der Waals surface area (Å²) in [6.07, 6.45) is -4.62. The van der Waals surface area contributed by atoms with E-state index in [1.54, 1.807) is 0 Å². The van der Waals surface area contributed by atoms with Gasteiger partial charge in [0.05, 0.1) is 11.0 Å². The minimum absolute atomic E-state index is 0.195. The van der Waals surface area contributed by atoms with Gasteiger partial charge < -0.3 is 9.47 Å². The highest BCUT2D eigenvalue weighted by molar-refractivity contribution is 6.03. The molecular formula is C19H23F3N6O. The fourth-order valence-electron chi connectivity index (χ4n) is 3.16. The summed E-state index contributed by atoms with van der Waals surface area (Å²) >= 11 is 0. The van der Waals surface area contributed by atoms with Crippen molar-refractivity contribution in [3.05, 3.63) is 41.7 Å². The fraction of sp³-hybridized carbons (Fsp3) is 0.421. The van der Waals surface area contributed by atoms with Gasteiger partial charge in [-0.1, -0.05) is 26.0 Å². The van der Waals surface area contributed by atoms with E-state index in [9.17, 15) is 18.0 Å². The van der Waals surface area contributed by atoms with Gasteiger partial charge in [-0.3, -0.25) is 14.8 Å². The van der Waals surface area contributed by atoms with Crippen LogP contribution in [-0.2, 0) is 19.8 Å². The Labute approximate surface area is 166 Å². The quantitative estimate of drug-likeness (QED) is 0.651. The average Bonchev–Trinajstić information content (AvgIpc) is 3.23. The molecule has 0 aliphatic carbocycles. The van der Waals surface area contributed by atoms with Crippen molar-refractivity contribution < 1.29 is 18.0 Å². The van der Waals surface area contributed by atoms with Crippen LogP contribution in [0.5, 0.6) is 0 Å². The first-order valence-electron chi connectivity index (χ1n) is 9.34. The van der Waals surface area contributed by atoms with Gasteiger partial charge in [0.2, 0.25) is 5.95 Å². The van der Waals surface area contributed by atoms with E-state index in [-0.39, 0.29) is 11.6 Å². The van der Waals surface area contributed by atoms with Gasteiger partial charge in [0.15, 0.2) is 5.69 Å². The summed E-state index contributed by atoms with van der Waals surface area (Å²) in [6.45, 7) is 7.24. The SMILES string of the molecule is CCN(CC)CCn1c(NC(=O)c2cc(C(F)(F)F)nn2C)nc2ccccc21. The van der Waals surface area contributed by atoms with Gasteiger partial charge in [-0.2, -0.15) is 18.3 Å². The molecule has 3 rings (SSSR count). The maximum absolute atomic E-state index is 12.9. The number of aromatic nitrogens is 4. The second kappa shape index (κ2) is 8.24. The molecule has 10 heteroatoms. The number of alkyl halides is 3. The van der Waals surface area contributed by atoms with E-state index in [1.807, 2.05) is 28.8 Å². The predicted octanol–water partition coefficient (Wildman–Crippen LogP) is 3.38. The van der Waals surface area contributed by atoms with E-state index in [4.69, 9.17) is 0 Å². The second-order valence-corrected chi connectivity index (χ2v) is 6.59. The first-order chi connectivity index (χ1) is 13.7. The molecule has 1 N–H and O–H groups in total. The Hall–Kier alpha value is -2.88. The molecule has 3 aromatic rings. The molecule has 7 nitrogen and oxygen atoms in total. The maximum atomic E-state index is 12.9. The third-order valence-corrected chi connectivity index (χ3v) is 4.82. The molecule has 0 saturated heterocycles. The van der Waals surface area contributed by atoms with Crippen molar-refractivity contribution in [3.8, 4) is 0 Å². The van der Waals surface area contributed by atoms with Gasteiger partial charge in [0.1, 0.15) is 5.69 Å². The summed E-state index contributed by atoms with van der Waals surface area (Å²) in [7, 11) is 1.30. The lowest BCUT2D eigenvalue weighted by molar-refractivity contribution is -0.141. The van der Waals surface area contributed by atoms with Gasteiger partial charge in [-0.15, -0.1) is 0 Å². The van der Waals surface area contributed by atoms with Gasteiger partial charge >= 0.3 is 6.18 Å². The van der Waals surface area contributed by atoms with Crippen molar-refractivity contribution in [1.82, 2.24) is 24.2 Å². The van der Waals surface area contributed by atoms with Crippen LogP contribution in [0, 0.1) is 0 Å². The number of imidazole rings is 1. The Bertz CT molecular complexity index is 1000. The molecule has 2 aromatic heterocycles. The average molecular weight is 408 g/mol. The van der Waals surface area contributed by atoms with Crippen LogP contribution in [0.15, 0.2) is 30.3 Å². The van der Waals surface area contributed by atoms with E-state index in [1.165, 1.54) is 7.05 Å². The number of benzene rings is 1. The standard InChI is InChI=1S/C19H23F3N6O/c1-4-27(5-2)10-11-28-14-9-7-6-8-13(14)23-18(28)24-17(29)15-12-16(19(20,21)22)25-26(15)3/h6-9,12H,4-5,10-11H2,1-3H3,(H,23,24,29). The van der Waals surface area contributed by atoms with Crippen molar-refractivity contribution in [3.63, 3.8) is 0 Å². The van der Waals surface area contributed by atoms with Gasteiger partial charge in [-0.05, 0) is 25.2 Å². The number of hydrogen-bond donors (Lipinski definition) is 1. The van der Waals surface area contributed by atoms with Crippen LogP contribution in [0.1, 0.15) is 30.0 Å². The number of likely N-dealkylation sites (N-methyl/N-ethyl adjacent to an activating group) is 1. The number of carbonyl (C=O) groups excluding carboxylic acids is 1. The number of amides is 1. The molecule has 0 unspecified atom stereocenters. The summed E-state index contributed by atoms with van der Waals surface area (Å²) in [5.41, 5.74) is 0.235. The van der Waals surface area contributed by atoms with E-state index in [0.29, 0.717) is 12.1 Å². The first-order valence-corrected chi connectivity index (χ1v) is 9.34. The fourth-order valence-corrected chi connectivity index (χ4v) is 3.16. The summed E-state index contributed by atoms with van der Waals surface area (Å²) in [5, 5.41) is 6.04. The van der Waals surface area contributed by atoms with Crippen LogP contribution in [0.25, 0.3) is 11.0 Å². The van der Waals surface area contributed by atoms with E-state index in [2.05, 4.69) is 34.1 Å². The highest BCUT2D eigenvalue weighted by Gasteiger charge is 2.35. The number of anilines is 1. The minimum atomic E-state index is -4.62. The second-order valence-electron chi connectivity index (χ2n) is 6.59. The van der Waals surface area contributed by atoms with E-state index >= 15 is 0 Å². The number of aryl methyl sites for hydroxylation is 1. The monoisotopic (exact) mass is 408 g/mol. The van der Waals surface area contributed by atoms with E-state index in [0.717, 1.165) is 35.9 Å². The zero-order chi connectivity index (χ0) is 21.2. The molecular weight excluding hydrogens is 385 g/mol. The number of halogens is 3. The number of nitrogens with zero attached hydrogens (tertiary/aromatic N) is 5. The smallest absolute Gasteiger partial charge is 0.309 e. The van der Waals surface area contributed by atoms with Gasteiger partial charge in [0, 0.05) is 26.2 Å². The van der Waals surface area contributed by atoms with Crippen LogP contribution in [-0.4, -0.2) is 49.8 Å². The third kappa shape index (κ3) is 4.42. The highest BCUT2D eigenvalue weighted by atomic mass is 19.4. The third-order valence-electron chi connectivity index (χ3n) is 4.82. The van der Waals surface area contributed by atoms with Gasteiger partial charge in [-0.25, -0.2) is 4.98 Å². The van der Waals surface area contributed by atoms with Crippen molar-refractivity contribution in [2.24, 2.45) is 7.05 Å². The molecule has 0 aliphatic heterocycles. The predicted molar refractivity (Wildman–Crippen MR) is 104 cm³/mol. The lowest BCUT2D eigenvalue weighted by Gasteiger charge is -2.19. The molecule has 156 valence electrons. The maximum Gasteiger partial charge on any atom is 0.435 e. The molecule has 0 saturated carbocycles. The van der Waals surface area contributed by atoms with Gasteiger partial charge in [0.25, 0.3) is 5.91 Å². The van der Waals surface area contributed by atoms with Crippen LogP contribution < -0.4 is 5.32 Å². The van der Waals surface area contributed by atoms with Crippen molar-refractivity contribution in [2.45, 2.75) is 26.6 Å². The molecule has 0 radical (unpaired) electrons.